The molecule has 2 aromatic heterocycles. The number of aromatic nitrogens is 3. The highest BCUT2D eigenvalue weighted by Crippen LogP contribution is 2.34. The van der Waals surface area contributed by atoms with Crippen molar-refractivity contribution >= 4 is 29.1 Å². The molecule has 13 heteroatoms. The van der Waals surface area contributed by atoms with Crippen molar-refractivity contribution in [2.24, 2.45) is 11.8 Å². The fraction of sp³-hybridized carbons (Fsp3) is 0.514. The van der Waals surface area contributed by atoms with Crippen LogP contribution in [0.25, 0.3) is 11.4 Å². The minimum absolute atomic E-state index is 0.0428. The van der Waals surface area contributed by atoms with E-state index in [0.29, 0.717) is 55.4 Å². The average molecular weight is 659 g/mol. The SMILES string of the molecule is COc1cc(N2CCC(C(=O)NCCOCCNC(=O)[C@@H]3C[C@@H]4CCCC[C@@H]4N3)CC2)ccc1NC(=O)c1cccc(-c2ccn[nH]2)n1. The normalized spacial score (nSPS) is 20.9. The van der Waals surface area contributed by atoms with E-state index < -0.39 is 0 Å². The Bertz CT molecular complexity index is 1530. The molecule has 0 spiro atoms. The third kappa shape index (κ3) is 8.32. The van der Waals surface area contributed by atoms with Crippen LogP contribution in [0, 0.1) is 11.8 Å². The zero-order chi connectivity index (χ0) is 33.3. The summed E-state index contributed by atoms with van der Waals surface area (Å²) >= 11 is 0. The van der Waals surface area contributed by atoms with Crippen LogP contribution in [-0.2, 0) is 14.3 Å². The van der Waals surface area contributed by atoms with Crippen molar-refractivity contribution in [1.29, 1.82) is 0 Å². The fourth-order valence-corrected chi connectivity index (χ4v) is 7.06. The van der Waals surface area contributed by atoms with Gasteiger partial charge in [0.25, 0.3) is 5.91 Å². The first kappa shape index (κ1) is 33.4. The number of hydrogen-bond acceptors (Lipinski definition) is 9. The molecule has 6 rings (SSSR count). The molecule has 1 aromatic carbocycles. The third-order valence-electron chi connectivity index (χ3n) is 9.69. The Morgan fingerprint density at radius 3 is 2.50 bits per heavy atom. The molecule has 3 fully saturated rings. The number of fused-ring (bicyclic) bond motifs is 1. The van der Waals surface area contributed by atoms with Gasteiger partial charge in [0.15, 0.2) is 0 Å². The number of H-pyrrole nitrogens is 1. The van der Waals surface area contributed by atoms with Gasteiger partial charge in [-0.25, -0.2) is 4.98 Å². The average Bonchev–Trinajstić information content (AvgIpc) is 3.83. The lowest BCUT2D eigenvalue weighted by atomic mass is 9.85. The van der Waals surface area contributed by atoms with Gasteiger partial charge in [0, 0.05) is 56.1 Å². The second-order valence-electron chi connectivity index (χ2n) is 12.8. The van der Waals surface area contributed by atoms with Crippen molar-refractivity contribution in [3.05, 3.63) is 54.4 Å². The highest BCUT2D eigenvalue weighted by Gasteiger charge is 2.38. The van der Waals surface area contributed by atoms with Crippen LogP contribution < -0.4 is 30.9 Å². The van der Waals surface area contributed by atoms with Crippen molar-refractivity contribution in [3.8, 4) is 17.1 Å². The smallest absolute Gasteiger partial charge is 0.274 e. The van der Waals surface area contributed by atoms with Crippen LogP contribution in [0.15, 0.2) is 48.7 Å². The maximum Gasteiger partial charge on any atom is 0.274 e. The summed E-state index contributed by atoms with van der Waals surface area (Å²) in [5.41, 5.74) is 3.13. The van der Waals surface area contributed by atoms with E-state index in [1.165, 1.54) is 25.7 Å². The lowest BCUT2D eigenvalue weighted by molar-refractivity contribution is -0.125. The summed E-state index contributed by atoms with van der Waals surface area (Å²) in [4.78, 5) is 45.0. The first-order chi connectivity index (χ1) is 23.5. The van der Waals surface area contributed by atoms with Crippen LogP contribution in [0.2, 0.25) is 0 Å². The molecule has 3 atom stereocenters. The molecular weight excluding hydrogens is 612 g/mol. The Balaban J connectivity index is 0.882. The van der Waals surface area contributed by atoms with Crippen LogP contribution in [0.1, 0.15) is 55.4 Å². The minimum atomic E-state index is -0.347. The number of carbonyl (C=O) groups is 3. The number of amides is 3. The number of piperidine rings is 1. The maximum atomic E-state index is 13.0. The predicted molar refractivity (Wildman–Crippen MR) is 182 cm³/mol. The van der Waals surface area contributed by atoms with Crippen LogP contribution in [-0.4, -0.2) is 91.5 Å². The van der Waals surface area contributed by atoms with Gasteiger partial charge >= 0.3 is 0 Å². The summed E-state index contributed by atoms with van der Waals surface area (Å²) in [6.45, 7) is 3.18. The van der Waals surface area contributed by atoms with E-state index in [0.717, 1.165) is 43.7 Å². The van der Waals surface area contributed by atoms with Crippen LogP contribution in [0.5, 0.6) is 5.75 Å². The standard InChI is InChI=1S/C35H46N8O5/c1-47-32-22-25(9-10-29(32)41-35(46)30-8-4-7-27(40-30)28-11-14-38-42-28)43-17-12-23(13-18-43)33(44)36-15-19-48-20-16-37-34(45)31-21-24-5-2-3-6-26(24)39-31/h4,7-11,14,22-24,26,31,39H,2-3,5-6,12-13,15-21H2,1H3,(H,36,44)(H,37,45)(H,38,42)(H,41,46)/t24-,26-,31-/m0/s1. The number of methoxy groups -OCH3 is 1. The van der Waals surface area contributed by atoms with Gasteiger partial charge in [-0.05, 0) is 68.4 Å². The quantitative estimate of drug-likeness (QED) is 0.174. The van der Waals surface area contributed by atoms with Crippen LogP contribution in [0.4, 0.5) is 11.4 Å². The lowest BCUT2D eigenvalue weighted by Crippen LogP contribution is -2.44. The molecule has 13 nitrogen and oxygen atoms in total. The summed E-state index contributed by atoms with van der Waals surface area (Å²) < 4.78 is 11.3. The number of nitrogens with one attached hydrogen (secondary N) is 5. The summed E-state index contributed by atoms with van der Waals surface area (Å²) in [6, 6.07) is 13.1. The zero-order valence-electron chi connectivity index (χ0n) is 27.5. The number of nitrogens with zero attached hydrogens (tertiary/aromatic N) is 3. The first-order valence-corrected chi connectivity index (χ1v) is 17.1. The van der Waals surface area contributed by atoms with E-state index in [2.05, 4.69) is 41.3 Å². The van der Waals surface area contributed by atoms with Crippen molar-refractivity contribution in [1.82, 2.24) is 31.1 Å². The van der Waals surface area contributed by atoms with Gasteiger partial charge in [0.05, 0.1) is 43.4 Å². The molecule has 4 heterocycles. The van der Waals surface area contributed by atoms with E-state index in [1.54, 1.807) is 31.5 Å². The third-order valence-corrected chi connectivity index (χ3v) is 9.69. The van der Waals surface area contributed by atoms with Crippen LogP contribution >= 0.6 is 0 Å². The number of anilines is 2. The molecule has 3 aromatic rings. The Morgan fingerprint density at radius 2 is 1.75 bits per heavy atom. The van der Waals surface area contributed by atoms with Gasteiger partial charge in [0.2, 0.25) is 11.8 Å². The fourth-order valence-electron chi connectivity index (χ4n) is 7.06. The van der Waals surface area contributed by atoms with E-state index >= 15 is 0 Å². The zero-order valence-corrected chi connectivity index (χ0v) is 27.5. The molecule has 3 aliphatic rings. The van der Waals surface area contributed by atoms with Crippen molar-refractivity contribution in [2.75, 3.05) is 56.7 Å². The topological polar surface area (TPSA) is 163 Å². The van der Waals surface area contributed by atoms with Gasteiger partial charge in [-0.3, -0.25) is 19.5 Å². The Labute approximate surface area is 280 Å². The Kier molecular flexibility index (Phi) is 11.2. The predicted octanol–water partition coefficient (Wildman–Crippen LogP) is 3.12. The molecular formula is C35H46N8O5. The van der Waals surface area contributed by atoms with Gasteiger partial charge in [-0.1, -0.05) is 18.9 Å². The van der Waals surface area contributed by atoms with Crippen molar-refractivity contribution in [2.45, 2.75) is 57.0 Å². The molecule has 48 heavy (non-hydrogen) atoms. The first-order valence-electron chi connectivity index (χ1n) is 17.1. The van der Waals surface area contributed by atoms with Gasteiger partial charge in [-0.2, -0.15) is 5.10 Å². The summed E-state index contributed by atoms with van der Waals surface area (Å²) in [5, 5.41) is 19.2. The second kappa shape index (κ2) is 16.1. The summed E-state index contributed by atoms with van der Waals surface area (Å²) in [7, 11) is 1.57. The Morgan fingerprint density at radius 1 is 0.958 bits per heavy atom. The van der Waals surface area contributed by atoms with E-state index in [9.17, 15) is 14.4 Å². The molecule has 0 bridgehead atoms. The number of aromatic amines is 1. The lowest BCUT2D eigenvalue weighted by Gasteiger charge is -2.33. The highest BCUT2D eigenvalue weighted by atomic mass is 16.5. The number of benzene rings is 1. The van der Waals surface area contributed by atoms with Crippen molar-refractivity contribution in [3.63, 3.8) is 0 Å². The summed E-state index contributed by atoms with van der Waals surface area (Å²) in [6.07, 6.45) is 8.97. The van der Waals surface area contributed by atoms with Gasteiger partial charge in [-0.15, -0.1) is 0 Å². The number of carbonyl (C=O) groups excluding carboxylic acids is 3. The molecule has 5 N–H and O–H groups in total. The van der Waals surface area contributed by atoms with E-state index in [1.807, 2.05) is 24.3 Å². The largest absolute Gasteiger partial charge is 0.494 e. The summed E-state index contributed by atoms with van der Waals surface area (Å²) in [5.74, 6) is 0.878. The number of ether oxygens (including phenoxy) is 2. The molecule has 256 valence electrons. The molecule has 0 radical (unpaired) electrons. The molecule has 1 saturated carbocycles. The maximum absolute atomic E-state index is 13.0. The number of rotatable bonds is 13. The molecule has 2 aliphatic heterocycles. The molecule has 1 aliphatic carbocycles. The van der Waals surface area contributed by atoms with E-state index in [4.69, 9.17) is 9.47 Å². The molecule has 3 amide bonds. The van der Waals surface area contributed by atoms with Crippen molar-refractivity contribution < 1.29 is 23.9 Å². The molecule has 0 unspecified atom stereocenters. The Hall–Kier alpha value is -4.49. The number of pyridine rings is 1. The molecule has 2 saturated heterocycles. The van der Waals surface area contributed by atoms with Gasteiger partial charge < -0.3 is 35.6 Å². The van der Waals surface area contributed by atoms with E-state index in [-0.39, 0.29) is 35.4 Å². The minimum Gasteiger partial charge on any atom is -0.494 e. The second-order valence-corrected chi connectivity index (χ2v) is 12.8. The highest BCUT2D eigenvalue weighted by molar-refractivity contribution is 6.04. The van der Waals surface area contributed by atoms with Gasteiger partial charge in [0.1, 0.15) is 11.4 Å². The monoisotopic (exact) mass is 658 g/mol. The van der Waals surface area contributed by atoms with Crippen LogP contribution in [0.3, 0.4) is 0 Å². The number of hydrogen-bond donors (Lipinski definition) is 5.